The highest BCUT2D eigenvalue weighted by molar-refractivity contribution is 9.10. The molecule has 0 amide bonds. The number of nitrogens with zero attached hydrogens (tertiary/aromatic N) is 1. The minimum Gasteiger partial charge on any atom is -0.451 e. The van der Waals surface area contributed by atoms with Gasteiger partial charge >= 0.3 is 5.97 Å². The number of benzene rings is 1. The number of hydrogen-bond donors (Lipinski definition) is 1. The van der Waals surface area contributed by atoms with E-state index in [0.29, 0.717) is 26.1 Å². The van der Waals surface area contributed by atoms with Crippen LogP contribution >= 0.6 is 27.3 Å². The Kier molecular flexibility index (Phi) is 4.56. The average Bonchev–Trinajstić information content (AvgIpc) is 2.82. The second-order valence-electron chi connectivity index (χ2n) is 5.44. The lowest BCUT2D eigenvalue weighted by Crippen LogP contribution is -2.17. The zero-order valence-corrected chi connectivity index (χ0v) is 15.7. The van der Waals surface area contributed by atoms with Gasteiger partial charge in [-0.25, -0.2) is 9.78 Å². The van der Waals surface area contributed by atoms with Crippen LogP contribution in [-0.2, 0) is 4.74 Å². The molecule has 0 fully saturated rings. The molecule has 5 nitrogen and oxygen atoms in total. The molecule has 0 radical (unpaired) electrons. The van der Waals surface area contributed by atoms with Gasteiger partial charge in [0.05, 0.1) is 10.9 Å². The number of thiophene rings is 1. The van der Waals surface area contributed by atoms with Crippen LogP contribution in [0.25, 0.3) is 10.2 Å². The molecule has 7 heteroatoms. The number of aromatic nitrogens is 2. The van der Waals surface area contributed by atoms with Gasteiger partial charge in [0.15, 0.2) is 11.9 Å². The summed E-state index contributed by atoms with van der Waals surface area (Å²) in [7, 11) is 0. The Balaban J connectivity index is 1.92. The molecule has 0 saturated carbocycles. The summed E-state index contributed by atoms with van der Waals surface area (Å²) in [6, 6.07) is 7.02. The van der Waals surface area contributed by atoms with Crippen molar-refractivity contribution >= 4 is 43.5 Å². The third-order valence-electron chi connectivity index (χ3n) is 3.82. The molecule has 0 bridgehead atoms. The quantitative estimate of drug-likeness (QED) is 0.658. The van der Waals surface area contributed by atoms with Crippen LogP contribution in [0, 0.1) is 13.8 Å². The molecule has 3 aromatic rings. The third kappa shape index (κ3) is 3.01. The predicted molar refractivity (Wildman–Crippen MR) is 97.7 cm³/mol. The van der Waals surface area contributed by atoms with E-state index in [0.717, 1.165) is 10.4 Å². The van der Waals surface area contributed by atoms with Gasteiger partial charge in [-0.15, -0.1) is 11.3 Å². The smallest absolute Gasteiger partial charge is 0.339 e. The van der Waals surface area contributed by atoms with Crippen LogP contribution in [0.4, 0.5) is 0 Å². The molecular weight excluding hydrogens is 392 g/mol. The van der Waals surface area contributed by atoms with E-state index in [1.807, 2.05) is 19.9 Å². The summed E-state index contributed by atoms with van der Waals surface area (Å²) >= 11 is 4.79. The van der Waals surface area contributed by atoms with E-state index in [2.05, 4.69) is 25.9 Å². The number of halogens is 1. The van der Waals surface area contributed by atoms with Crippen molar-refractivity contribution in [1.82, 2.24) is 9.97 Å². The van der Waals surface area contributed by atoms with Crippen molar-refractivity contribution in [3.05, 3.63) is 60.9 Å². The number of esters is 1. The zero-order valence-electron chi connectivity index (χ0n) is 13.3. The van der Waals surface area contributed by atoms with Crippen molar-refractivity contribution in [3.8, 4) is 0 Å². The molecule has 0 aliphatic carbocycles. The Bertz CT molecular complexity index is 993. The molecule has 1 aromatic carbocycles. The van der Waals surface area contributed by atoms with E-state index >= 15 is 0 Å². The molecule has 2 aromatic heterocycles. The van der Waals surface area contributed by atoms with E-state index in [9.17, 15) is 9.59 Å². The molecule has 0 aliphatic heterocycles. The molecule has 0 spiro atoms. The fraction of sp³-hybridized carbons (Fsp3) is 0.235. The van der Waals surface area contributed by atoms with E-state index in [1.54, 1.807) is 25.1 Å². The van der Waals surface area contributed by atoms with E-state index < -0.39 is 12.1 Å². The topological polar surface area (TPSA) is 72.0 Å². The lowest BCUT2D eigenvalue weighted by Gasteiger charge is -2.13. The first-order valence-electron chi connectivity index (χ1n) is 7.34. The Morgan fingerprint density at radius 3 is 2.75 bits per heavy atom. The first kappa shape index (κ1) is 16.9. The summed E-state index contributed by atoms with van der Waals surface area (Å²) in [5.41, 5.74) is 1.16. The highest BCUT2D eigenvalue weighted by Crippen LogP contribution is 2.27. The Morgan fingerprint density at radius 2 is 2.04 bits per heavy atom. The number of carbonyl (C=O) groups is 1. The number of rotatable bonds is 3. The normalized spacial score (nSPS) is 12.3. The fourth-order valence-electron chi connectivity index (χ4n) is 2.37. The number of aryl methyl sites for hydroxylation is 2. The summed E-state index contributed by atoms with van der Waals surface area (Å²) in [6.07, 6.45) is -0.663. The van der Waals surface area contributed by atoms with E-state index in [4.69, 9.17) is 4.74 Å². The van der Waals surface area contributed by atoms with Gasteiger partial charge in [-0.1, -0.05) is 12.1 Å². The Hall–Kier alpha value is -1.99. The van der Waals surface area contributed by atoms with Crippen molar-refractivity contribution in [3.63, 3.8) is 0 Å². The van der Waals surface area contributed by atoms with Crippen LogP contribution in [0.2, 0.25) is 0 Å². The number of aromatic amines is 1. The van der Waals surface area contributed by atoms with Gasteiger partial charge < -0.3 is 9.72 Å². The predicted octanol–water partition coefficient (Wildman–Crippen LogP) is 4.28. The van der Waals surface area contributed by atoms with Crippen LogP contribution in [0.5, 0.6) is 0 Å². The van der Waals surface area contributed by atoms with Crippen molar-refractivity contribution < 1.29 is 9.53 Å². The Morgan fingerprint density at radius 1 is 1.33 bits per heavy atom. The highest BCUT2D eigenvalue weighted by Gasteiger charge is 2.20. The minimum absolute atomic E-state index is 0.208. The number of nitrogens with one attached hydrogen (secondary N) is 1. The first-order valence-corrected chi connectivity index (χ1v) is 8.95. The van der Waals surface area contributed by atoms with Crippen molar-refractivity contribution in [1.29, 1.82) is 0 Å². The molecule has 3 rings (SSSR count). The number of ether oxygens (including phenoxy) is 1. The van der Waals surface area contributed by atoms with Gasteiger partial charge in [-0.05, 0) is 54.4 Å². The van der Waals surface area contributed by atoms with Gasteiger partial charge in [-0.3, -0.25) is 4.79 Å². The molecule has 1 atom stereocenters. The maximum Gasteiger partial charge on any atom is 0.339 e. The average molecular weight is 407 g/mol. The summed E-state index contributed by atoms with van der Waals surface area (Å²) in [5, 5.41) is 0.602. The van der Waals surface area contributed by atoms with Crippen LogP contribution in [0.1, 0.15) is 39.7 Å². The van der Waals surface area contributed by atoms with Gasteiger partial charge in [0.25, 0.3) is 5.56 Å². The van der Waals surface area contributed by atoms with E-state index in [1.165, 1.54) is 11.3 Å². The molecular formula is C17H15BrN2O3S. The lowest BCUT2D eigenvalue weighted by atomic mass is 10.2. The molecule has 0 aliphatic rings. The molecule has 124 valence electrons. The summed E-state index contributed by atoms with van der Waals surface area (Å²) in [5.74, 6) is -0.134. The van der Waals surface area contributed by atoms with Gasteiger partial charge in [0.2, 0.25) is 0 Å². The molecule has 2 heterocycles. The van der Waals surface area contributed by atoms with Gasteiger partial charge in [0, 0.05) is 9.35 Å². The lowest BCUT2D eigenvalue weighted by molar-refractivity contribution is 0.0319. The number of fused-ring (bicyclic) bond motifs is 1. The third-order valence-corrected chi connectivity index (χ3v) is 5.61. The largest absolute Gasteiger partial charge is 0.451 e. The molecule has 0 unspecified atom stereocenters. The van der Waals surface area contributed by atoms with Crippen LogP contribution in [0.15, 0.2) is 33.5 Å². The monoisotopic (exact) mass is 406 g/mol. The van der Waals surface area contributed by atoms with Crippen LogP contribution in [0.3, 0.4) is 0 Å². The van der Waals surface area contributed by atoms with Gasteiger partial charge in [-0.2, -0.15) is 0 Å². The second-order valence-corrected chi connectivity index (χ2v) is 7.50. The fourth-order valence-corrected chi connectivity index (χ4v) is 3.85. The summed E-state index contributed by atoms with van der Waals surface area (Å²) in [6.45, 7) is 5.55. The van der Waals surface area contributed by atoms with Gasteiger partial charge in [0.1, 0.15) is 4.83 Å². The SMILES string of the molecule is Cc1sc2nc([C@H](C)OC(=O)c3ccccc3Br)[nH]c(=O)c2c1C. The summed E-state index contributed by atoms with van der Waals surface area (Å²) in [4.78, 5) is 33.5. The van der Waals surface area contributed by atoms with Crippen LogP contribution < -0.4 is 5.56 Å². The summed E-state index contributed by atoms with van der Waals surface area (Å²) < 4.78 is 6.10. The standard InChI is InChI=1S/C17H15BrN2O3S/c1-8-10(3)24-16-13(8)15(21)19-14(20-16)9(2)23-17(22)11-6-4-5-7-12(11)18/h4-7,9H,1-3H3,(H,19,20,21)/t9-/m0/s1. The molecule has 24 heavy (non-hydrogen) atoms. The minimum atomic E-state index is -0.663. The number of hydrogen-bond acceptors (Lipinski definition) is 5. The molecule has 0 saturated heterocycles. The van der Waals surface area contributed by atoms with Crippen molar-refractivity contribution in [2.45, 2.75) is 26.9 Å². The first-order chi connectivity index (χ1) is 11.4. The zero-order chi connectivity index (χ0) is 17.4. The number of H-pyrrole nitrogens is 1. The second kappa shape index (κ2) is 6.49. The van der Waals surface area contributed by atoms with Crippen molar-refractivity contribution in [2.24, 2.45) is 0 Å². The maximum atomic E-state index is 12.3. The van der Waals surface area contributed by atoms with E-state index in [-0.39, 0.29) is 5.56 Å². The number of carbonyl (C=O) groups excluding carboxylic acids is 1. The van der Waals surface area contributed by atoms with Crippen LogP contribution in [-0.4, -0.2) is 15.9 Å². The van der Waals surface area contributed by atoms with Crippen molar-refractivity contribution in [2.75, 3.05) is 0 Å². The molecule has 1 N–H and O–H groups in total. The Labute approximate surface area is 150 Å². The highest BCUT2D eigenvalue weighted by atomic mass is 79.9. The maximum absolute atomic E-state index is 12.3.